The molecule has 0 spiro atoms. The van der Waals surface area contributed by atoms with Gasteiger partial charge in [0.2, 0.25) is 5.91 Å². The fraction of sp³-hybridized carbons (Fsp3) is 0.750. The average Bonchev–Trinajstić information content (AvgIpc) is 3.11. The predicted octanol–water partition coefficient (Wildman–Crippen LogP) is 2.24. The summed E-state index contributed by atoms with van der Waals surface area (Å²) in [6, 6.07) is 0.161. The Morgan fingerprint density at radius 1 is 1.50 bits per heavy atom. The SMILES string of the molecule is Cc1nc(CO[C@@H]2CN(C(=O)C(C)(C)C)[C@@H]3COC[C@@H]32)cs1. The van der Waals surface area contributed by atoms with Gasteiger partial charge < -0.3 is 14.4 Å². The van der Waals surface area contributed by atoms with Crippen molar-refractivity contribution in [2.75, 3.05) is 19.8 Å². The van der Waals surface area contributed by atoms with E-state index >= 15 is 0 Å². The Kier molecular flexibility index (Phi) is 4.27. The second kappa shape index (κ2) is 5.91. The van der Waals surface area contributed by atoms with Crippen molar-refractivity contribution in [3.63, 3.8) is 0 Å². The molecule has 0 radical (unpaired) electrons. The summed E-state index contributed by atoms with van der Waals surface area (Å²) in [5, 5.41) is 3.09. The van der Waals surface area contributed by atoms with E-state index < -0.39 is 0 Å². The number of nitrogens with zero attached hydrogens (tertiary/aromatic N) is 2. The van der Waals surface area contributed by atoms with Gasteiger partial charge in [-0.15, -0.1) is 11.3 Å². The van der Waals surface area contributed by atoms with Gasteiger partial charge in [-0.25, -0.2) is 4.98 Å². The van der Waals surface area contributed by atoms with Crippen molar-refractivity contribution in [2.24, 2.45) is 11.3 Å². The number of amides is 1. The molecule has 1 aromatic rings. The van der Waals surface area contributed by atoms with Gasteiger partial charge in [0, 0.05) is 23.3 Å². The van der Waals surface area contributed by atoms with Gasteiger partial charge in [-0.05, 0) is 6.92 Å². The smallest absolute Gasteiger partial charge is 0.228 e. The van der Waals surface area contributed by atoms with Crippen LogP contribution in [0.15, 0.2) is 5.38 Å². The first-order valence-electron chi connectivity index (χ1n) is 7.77. The van der Waals surface area contributed by atoms with E-state index in [0.717, 1.165) is 10.7 Å². The third-order valence-corrected chi connectivity index (χ3v) is 5.18. The zero-order valence-electron chi connectivity index (χ0n) is 13.7. The van der Waals surface area contributed by atoms with Crippen LogP contribution in [0.2, 0.25) is 0 Å². The highest BCUT2D eigenvalue weighted by atomic mass is 32.1. The normalized spacial score (nSPS) is 28.2. The van der Waals surface area contributed by atoms with Crippen molar-refractivity contribution in [1.82, 2.24) is 9.88 Å². The van der Waals surface area contributed by atoms with Crippen LogP contribution in [0.4, 0.5) is 0 Å². The van der Waals surface area contributed by atoms with Crippen LogP contribution in [0.25, 0.3) is 0 Å². The van der Waals surface area contributed by atoms with Crippen molar-refractivity contribution in [2.45, 2.75) is 46.4 Å². The number of aromatic nitrogens is 1. The maximum absolute atomic E-state index is 12.6. The number of carbonyl (C=O) groups is 1. The van der Waals surface area contributed by atoms with E-state index in [0.29, 0.717) is 26.4 Å². The van der Waals surface area contributed by atoms with Gasteiger partial charge in [-0.2, -0.15) is 0 Å². The summed E-state index contributed by atoms with van der Waals surface area (Å²) in [4.78, 5) is 19.0. The standard InChI is InChI=1S/C16H24N2O3S/c1-10-17-11(9-22-10)6-21-14-5-18(15(19)16(2,3)4)13-8-20-7-12(13)14/h9,12-14H,5-8H2,1-4H3/t12-,13+,14+/m0/s1. The fourth-order valence-electron chi connectivity index (χ4n) is 3.21. The number of likely N-dealkylation sites (tertiary alicyclic amines) is 1. The zero-order chi connectivity index (χ0) is 15.9. The molecule has 0 saturated carbocycles. The summed E-state index contributed by atoms with van der Waals surface area (Å²) in [5.41, 5.74) is 0.604. The fourth-order valence-corrected chi connectivity index (χ4v) is 3.81. The highest BCUT2D eigenvalue weighted by Crippen LogP contribution is 2.35. The van der Waals surface area contributed by atoms with Crippen LogP contribution in [0.5, 0.6) is 0 Å². The summed E-state index contributed by atoms with van der Waals surface area (Å²) in [6.45, 7) is 10.4. The molecular weight excluding hydrogens is 300 g/mol. The summed E-state index contributed by atoms with van der Waals surface area (Å²) in [6.07, 6.45) is 0.0424. The molecule has 3 heterocycles. The molecule has 1 aromatic heterocycles. The van der Waals surface area contributed by atoms with Gasteiger partial charge in [0.15, 0.2) is 0 Å². The molecule has 0 bridgehead atoms. The summed E-state index contributed by atoms with van der Waals surface area (Å²) < 4.78 is 11.7. The number of fused-ring (bicyclic) bond motifs is 1. The third kappa shape index (κ3) is 3.05. The molecule has 3 rings (SSSR count). The van der Waals surface area contributed by atoms with Gasteiger partial charge in [0.25, 0.3) is 0 Å². The molecule has 2 fully saturated rings. The van der Waals surface area contributed by atoms with Gasteiger partial charge in [0.05, 0.1) is 42.7 Å². The number of carbonyl (C=O) groups excluding carboxylic acids is 1. The Morgan fingerprint density at radius 2 is 2.27 bits per heavy atom. The van der Waals surface area contributed by atoms with Crippen LogP contribution < -0.4 is 0 Å². The van der Waals surface area contributed by atoms with E-state index in [1.165, 1.54) is 0 Å². The van der Waals surface area contributed by atoms with E-state index in [2.05, 4.69) is 4.98 Å². The van der Waals surface area contributed by atoms with E-state index in [-0.39, 0.29) is 29.4 Å². The molecule has 0 aromatic carbocycles. The largest absolute Gasteiger partial charge is 0.379 e. The average molecular weight is 324 g/mol. The summed E-state index contributed by atoms with van der Waals surface area (Å²) in [5.74, 6) is 0.467. The number of aryl methyl sites for hydroxylation is 1. The lowest BCUT2D eigenvalue weighted by Gasteiger charge is -2.29. The van der Waals surface area contributed by atoms with E-state index in [9.17, 15) is 4.79 Å². The van der Waals surface area contributed by atoms with Crippen molar-refractivity contribution < 1.29 is 14.3 Å². The van der Waals surface area contributed by atoms with E-state index in [1.54, 1.807) is 11.3 Å². The predicted molar refractivity (Wildman–Crippen MR) is 84.7 cm³/mol. The molecule has 5 nitrogen and oxygen atoms in total. The summed E-state index contributed by atoms with van der Waals surface area (Å²) in [7, 11) is 0. The lowest BCUT2D eigenvalue weighted by molar-refractivity contribution is -0.141. The van der Waals surface area contributed by atoms with E-state index in [1.807, 2.05) is 38.0 Å². The molecule has 2 aliphatic heterocycles. The Bertz CT molecular complexity index is 552. The van der Waals surface area contributed by atoms with Crippen LogP contribution in [0.1, 0.15) is 31.5 Å². The number of hydrogen-bond acceptors (Lipinski definition) is 5. The molecular formula is C16H24N2O3S. The molecule has 2 saturated heterocycles. The molecule has 2 aliphatic rings. The second-order valence-electron chi connectivity index (χ2n) is 7.18. The van der Waals surface area contributed by atoms with Crippen molar-refractivity contribution in [3.05, 3.63) is 16.1 Å². The number of rotatable bonds is 3. The topological polar surface area (TPSA) is 51.7 Å². The van der Waals surface area contributed by atoms with Crippen LogP contribution >= 0.6 is 11.3 Å². The highest BCUT2D eigenvalue weighted by Gasteiger charge is 2.49. The molecule has 0 aliphatic carbocycles. The Balaban J connectivity index is 1.67. The quantitative estimate of drug-likeness (QED) is 0.856. The number of hydrogen-bond donors (Lipinski definition) is 0. The first-order chi connectivity index (χ1) is 10.4. The van der Waals surface area contributed by atoms with Crippen LogP contribution in [-0.2, 0) is 20.9 Å². The minimum Gasteiger partial charge on any atom is -0.379 e. The second-order valence-corrected chi connectivity index (χ2v) is 8.25. The van der Waals surface area contributed by atoms with Gasteiger partial charge >= 0.3 is 0 Å². The van der Waals surface area contributed by atoms with Crippen LogP contribution in [0.3, 0.4) is 0 Å². The third-order valence-electron chi connectivity index (χ3n) is 4.36. The maximum Gasteiger partial charge on any atom is 0.228 e. The first kappa shape index (κ1) is 15.9. The molecule has 0 unspecified atom stereocenters. The van der Waals surface area contributed by atoms with Crippen LogP contribution in [0, 0.1) is 18.3 Å². The monoisotopic (exact) mass is 324 g/mol. The Morgan fingerprint density at radius 3 is 2.91 bits per heavy atom. The molecule has 3 atom stereocenters. The molecule has 0 N–H and O–H groups in total. The number of thiazole rings is 1. The zero-order valence-corrected chi connectivity index (χ0v) is 14.5. The van der Waals surface area contributed by atoms with Gasteiger partial charge in [-0.3, -0.25) is 4.79 Å². The molecule has 122 valence electrons. The molecule has 1 amide bonds. The molecule has 22 heavy (non-hydrogen) atoms. The Labute approximate surface area is 135 Å². The van der Waals surface area contributed by atoms with Crippen molar-refractivity contribution >= 4 is 17.2 Å². The minimum absolute atomic E-state index is 0.0424. The highest BCUT2D eigenvalue weighted by molar-refractivity contribution is 7.09. The number of ether oxygens (including phenoxy) is 2. The van der Waals surface area contributed by atoms with Gasteiger partial charge in [0.1, 0.15) is 0 Å². The van der Waals surface area contributed by atoms with Crippen molar-refractivity contribution in [1.29, 1.82) is 0 Å². The van der Waals surface area contributed by atoms with Gasteiger partial charge in [-0.1, -0.05) is 20.8 Å². The van der Waals surface area contributed by atoms with E-state index in [4.69, 9.17) is 9.47 Å². The lowest BCUT2D eigenvalue weighted by atomic mass is 9.94. The summed E-state index contributed by atoms with van der Waals surface area (Å²) >= 11 is 1.63. The minimum atomic E-state index is -0.367. The van der Waals surface area contributed by atoms with Crippen molar-refractivity contribution in [3.8, 4) is 0 Å². The molecule has 6 heteroatoms. The maximum atomic E-state index is 12.6. The van der Waals surface area contributed by atoms with Crippen LogP contribution in [-0.4, -0.2) is 47.7 Å². The first-order valence-corrected chi connectivity index (χ1v) is 8.65. The lowest BCUT2D eigenvalue weighted by Crippen LogP contribution is -2.44. The Hall–Kier alpha value is -0.980.